The lowest BCUT2D eigenvalue weighted by atomic mass is 10.2. The Kier molecular flexibility index (Phi) is 1.72. The summed E-state index contributed by atoms with van der Waals surface area (Å²) in [6.45, 7) is 0. The van der Waals surface area contributed by atoms with Crippen molar-refractivity contribution in [3.05, 3.63) is 29.8 Å². The van der Waals surface area contributed by atoms with Gasteiger partial charge >= 0.3 is 0 Å². The largest absolute Gasteiger partial charge is 0.283 e. The first-order valence-corrected chi connectivity index (χ1v) is 5.73. The zero-order valence-corrected chi connectivity index (χ0v) is 8.83. The van der Waals surface area contributed by atoms with E-state index in [9.17, 15) is 8.42 Å². The van der Waals surface area contributed by atoms with Gasteiger partial charge < -0.3 is 0 Å². The van der Waals surface area contributed by atoms with Crippen LogP contribution in [0.2, 0.25) is 0 Å². The SMILES string of the molecule is O=S1(=O)N=C(I)c2ccccc21. The van der Waals surface area contributed by atoms with Crippen molar-refractivity contribution in [3.63, 3.8) is 0 Å². The predicted molar refractivity (Wildman–Crippen MR) is 54.2 cm³/mol. The number of hydrogen-bond donors (Lipinski definition) is 0. The summed E-state index contributed by atoms with van der Waals surface area (Å²) in [4.78, 5) is 0.314. The Labute approximate surface area is 83.7 Å². The number of benzene rings is 1. The van der Waals surface area contributed by atoms with Gasteiger partial charge in [0.15, 0.2) is 0 Å². The lowest BCUT2D eigenvalue weighted by Gasteiger charge is -1.93. The van der Waals surface area contributed by atoms with Crippen LogP contribution in [0.3, 0.4) is 0 Å². The van der Waals surface area contributed by atoms with Gasteiger partial charge in [-0.05, 0) is 28.7 Å². The summed E-state index contributed by atoms with van der Waals surface area (Å²) in [6, 6.07) is 6.82. The second-order valence-corrected chi connectivity index (χ2v) is 4.95. The summed E-state index contributed by atoms with van der Waals surface area (Å²) in [7, 11) is -3.37. The van der Waals surface area contributed by atoms with Crippen molar-refractivity contribution in [2.45, 2.75) is 4.90 Å². The number of halogens is 1. The fourth-order valence-electron chi connectivity index (χ4n) is 1.07. The quantitative estimate of drug-likeness (QED) is 0.682. The topological polar surface area (TPSA) is 46.5 Å². The summed E-state index contributed by atoms with van der Waals surface area (Å²) in [5.74, 6) is 0. The molecule has 2 rings (SSSR count). The molecule has 0 aromatic heterocycles. The first kappa shape index (κ1) is 8.18. The van der Waals surface area contributed by atoms with Gasteiger partial charge in [-0.2, -0.15) is 12.8 Å². The molecule has 0 atom stereocenters. The summed E-state index contributed by atoms with van der Waals surface area (Å²) >= 11 is 1.92. The lowest BCUT2D eigenvalue weighted by molar-refractivity contribution is 0.599. The highest BCUT2D eigenvalue weighted by Crippen LogP contribution is 2.27. The van der Waals surface area contributed by atoms with Crippen molar-refractivity contribution in [1.29, 1.82) is 0 Å². The second kappa shape index (κ2) is 2.53. The monoisotopic (exact) mass is 293 g/mol. The molecule has 1 heterocycles. The maximum atomic E-state index is 11.3. The molecule has 0 unspecified atom stereocenters. The fraction of sp³-hybridized carbons (Fsp3) is 0. The van der Waals surface area contributed by atoms with Crippen molar-refractivity contribution >= 4 is 36.3 Å². The van der Waals surface area contributed by atoms with Crippen molar-refractivity contribution < 1.29 is 8.42 Å². The number of hydrogen-bond acceptors (Lipinski definition) is 2. The molecule has 12 heavy (non-hydrogen) atoms. The third-order valence-electron chi connectivity index (χ3n) is 1.59. The molecule has 0 amide bonds. The van der Waals surface area contributed by atoms with Crippen LogP contribution in [-0.4, -0.2) is 12.1 Å². The van der Waals surface area contributed by atoms with Gasteiger partial charge in [0, 0.05) is 5.56 Å². The lowest BCUT2D eigenvalue weighted by Crippen LogP contribution is -1.92. The molecule has 0 N–H and O–H groups in total. The van der Waals surface area contributed by atoms with Gasteiger partial charge in [-0.1, -0.05) is 18.2 Å². The average Bonchev–Trinajstić information content (AvgIpc) is 2.25. The minimum absolute atomic E-state index is 0.314. The summed E-state index contributed by atoms with van der Waals surface area (Å²) < 4.78 is 26.7. The molecule has 1 aliphatic heterocycles. The smallest absolute Gasteiger partial charge is 0.199 e. The molecule has 0 radical (unpaired) electrons. The van der Waals surface area contributed by atoms with Gasteiger partial charge in [0.25, 0.3) is 10.0 Å². The van der Waals surface area contributed by atoms with Crippen LogP contribution in [0, 0.1) is 0 Å². The van der Waals surface area contributed by atoms with E-state index in [0.717, 1.165) is 0 Å². The first-order valence-electron chi connectivity index (χ1n) is 3.21. The Bertz CT molecular complexity index is 464. The standard InChI is InChI=1S/C7H4INO2S/c8-7-5-3-1-2-4-6(5)12(10,11)9-7/h1-4H. The molecule has 3 nitrogen and oxygen atoms in total. The summed E-state index contributed by atoms with van der Waals surface area (Å²) in [5.41, 5.74) is 0.707. The zero-order valence-electron chi connectivity index (χ0n) is 5.86. The molecular formula is C7H4INO2S. The van der Waals surface area contributed by atoms with E-state index >= 15 is 0 Å². The van der Waals surface area contributed by atoms with Crippen LogP contribution in [0.5, 0.6) is 0 Å². The van der Waals surface area contributed by atoms with Crippen LogP contribution in [0.1, 0.15) is 5.56 Å². The molecular weight excluding hydrogens is 289 g/mol. The maximum absolute atomic E-state index is 11.3. The minimum Gasteiger partial charge on any atom is -0.199 e. The molecule has 0 aliphatic carbocycles. The second-order valence-electron chi connectivity index (χ2n) is 2.35. The highest BCUT2D eigenvalue weighted by molar-refractivity contribution is 14.1. The third-order valence-corrected chi connectivity index (χ3v) is 4.07. The van der Waals surface area contributed by atoms with E-state index < -0.39 is 10.0 Å². The van der Waals surface area contributed by atoms with Crippen molar-refractivity contribution in [3.8, 4) is 0 Å². The van der Waals surface area contributed by atoms with Crippen molar-refractivity contribution in [2.24, 2.45) is 4.40 Å². The normalized spacial score (nSPS) is 18.6. The molecule has 0 saturated heterocycles. The van der Waals surface area contributed by atoms with E-state index in [-0.39, 0.29) is 0 Å². The zero-order chi connectivity index (χ0) is 8.77. The summed E-state index contributed by atoms with van der Waals surface area (Å²) in [6.07, 6.45) is 0. The van der Waals surface area contributed by atoms with Crippen LogP contribution < -0.4 is 0 Å². The number of nitrogens with zero attached hydrogens (tertiary/aromatic N) is 1. The fourth-order valence-corrected chi connectivity index (χ4v) is 3.60. The highest BCUT2D eigenvalue weighted by atomic mass is 127. The van der Waals surface area contributed by atoms with Crippen molar-refractivity contribution in [2.75, 3.05) is 0 Å². The molecule has 1 aliphatic rings. The molecule has 1 aromatic carbocycles. The van der Waals surface area contributed by atoms with Gasteiger partial charge in [-0.15, -0.1) is 0 Å². The van der Waals surface area contributed by atoms with E-state index in [0.29, 0.717) is 14.2 Å². The van der Waals surface area contributed by atoms with Crippen LogP contribution in [0.25, 0.3) is 0 Å². The average molecular weight is 293 g/mol. The molecule has 5 heteroatoms. The predicted octanol–water partition coefficient (Wildman–Crippen LogP) is 1.57. The Morgan fingerprint density at radius 3 is 2.58 bits per heavy atom. The highest BCUT2D eigenvalue weighted by Gasteiger charge is 2.26. The molecule has 0 bridgehead atoms. The van der Waals surface area contributed by atoms with Crippen LogP contribution in [-0.2, 0) is 10.0 Å². The minimum atomic E-state index is -3.37. The van der Waals surface area contributed by atoms with Gasteiger partial charge in [0.05, 0.1) is 4.90 Å². The van der Waals surface area contributed by atoms with Gasteiger partial charge in [-0.25, -0.2) is 0 Å². The molecule has 62 valence electrons. The number of sulfonamides is 1. The van der Waals surface area contributed by atoms with Gasteiger partial charge in [0.1, 0.15) is 3.72 Å². The van der Waals surface area contributed by atoms with Gasteiger partial charge in [-0.3, -0.25) is 0 Å². The third kappa shape index (κ3) is 1.08. The molecule has 0 fully saturated rings. The Morgan fingerprint density at radius 2 is 1.92 bits per heavy atom. The number of rotatable bonds is 0. The first-order chi connectivity index (χ1) is 5.61. The Hall–Kier alpha value is -0.430. The molecule has 0 spiro atoms. The van der Waals surface area contributed by atoms with Crippen LogP contribution >= 0.6 is 22.6 Å². The Balaban J connectivity index is 2.86. The van der Waals surface area contributed by atoms with E-state index in [1.165, 1.54) is 0 Å². The van der Waals surface area contributed by atoms with E-state index in [1.807, 2.05) is 22.6 Å². The van der Waals surface area contributed by atoms with E-state index in [1.54, 1.807) is 24.3 Å². The number of fused-ring (bicyclic) bond motifs is 1. The Morgan fingerprint density at radius 1 is 1.25 bits per heavy atom. The van der Waals surface area contributed by atoms with E-state index in [2.05, 4.69) is 4.40 Å². The maximum Gasteiger partial charge on any atom is 0.283 e. The van der Waals surface area contributed by atoms with Crippen molar-refractivity contribution in [1.82, 2.24) is 0 Å². The molecule has 1 aromatic rings. The van der Waals surface area contributed by atoms with Crippen LogP contribution in [0.15, 0.2) is 33.6 Å². The van der Waals surface area contributed by atoms with Crippen LogP contribution in [0.4, 0.5) is 0 Å². The van der Waals surface area contributed by atoms with Gasteiger partial charge in [0.2, 0.25) is 0 Å². The van der Waals surface area contributed by atoms with E-state index in [4.69, 9.17) is 0 Å². The summed E-state index contributed by atoms with van der Waals surface area (Å²) in [5, 5.41) is 0. The molecule has 0 saturated carbocycles.